The molecular weight excluding hydrogens is 183 g/mol. The van der Waals surface area contributed by atoms with Gasteiger partial charge in [0.1, 0.15) is 4.11 Å². The van der Waals surface area contributed by atoms with Crippen molar-refractivity contribution in [2.24, 2.45) is 0 Å². The van der Waals surface area contributed by atoms with Crippen molar-refractivity contribution in [2.75, 3.05) is 6.61 Å². The van der Waals surface area contributed by atoms with Gasteiger partial charge in [-0.15, -0.1) is 0 Å². The molecule has 2 nitrogen and oxygen atoms in total. The lowest BCUT2D eigenvalue weighted by Crippen LogP contribution is -1.98. The molecule has 0 saturated heterocycles. The van der Waals surface area contributed by atoms with Crippen LogP contribution >= 0.6 is 22.6 Å². The zero-order chi connectivity index (χ0) is 4.28. The van der Waals surface area contributed by atoms with Crippen LogP contribution in [0.1, 0.15) is 0 Å². The molecule has 0 radical (unpaired) electrons. The average Bonchev–Trinajstić information content (AvgIpc) is 1.38. The van der Waals surface area contributed by atoms with Crippen LogP contribution in [0.2, 0.25) is 0 Å². The van der Waals surface area contributed by atoms with E-state index in [-0.39, 0.29) is 6.61 Å². The smallest absolute Gasteiger partial charge is 0.128 e. The summed E-state index contributed by atoms with van der Waals surface area (Å²) in [5.41, 5.74) is 0. The van der Waals surface area contributed by atoms with Gasteiger partial charge in [0.25, 0.3) is 0 Å². The van der Waals surface area contributed by atoms with Crippen LogP contribution < -0.4 is 0 Å². The Labute approximate surface area is 44.0 Å². The van der Waals surface area contributed by atoms with Gasteiger partial charge in [0.05, 0.1) is 6.61 Å². The second-order valence-corrected chi connectivity index (χ2v) is 2.05. The maximum Gasteiger partial charge on any atom is 0.128 e. The lowest BCUT2D eigenvalue weighted by molar-refractivity contribution is 0.172. The molecule has 0 unspecified atom stereocenters. The van der Waals surface area contributed by atoms with E-state index < -0.39 is 4.11 Å². The van der Waals surface area contributed by atoms with Gasteiger partial charge in [0, 0.05) is 0 Å². The van der Waals surface area contributed by atoms with E-state index in [0.29, 0.717) is 0 Å². The molecule has 0 bridgehead atoms. The topological polar surface area (TPSA) is 40.5 Å². The molecule has 0 fully saturated rings. The summed E-state index contributed by atoms with van der Waals surface area (Å²) in [5.74, 6) is 0. The van der Waals surface area contributed by atoms with E-state index in [4.69, 9.17) is 10.2 Å². The zero-order valence-corrected chi connectivity index (χ0v) is 4.71. The van der Waals surface area contributed by atoms with Crippen molar-refractivity contribution in [3.63, 3.8) is 0 Å². The fourth-order valence-electron chi connectivity index (χ4n) is 0. The summed E-state index contributed by atoms with van der Waals surface area (Å²) in [6.07, 6.45) is 0. The van der Waals surface area contributed by atoms with Crippen molar-refractivity contribution in [1.82, 2.24) is 0 Å². The summed E-state index contributed by atoms with van der Waals surface area (Å²) in [5, 5.41) is 16.0. The number of halogens is 1. The lowest BCUT2D eigenvalue weighted by atomic mass is 10.8. The SMILES string of the molecule is OC[C@@H](O)I. The van der Waals surface area contributed by atoms with Crippen LogP contribution in [0, 0.1) is 0 Å². The third-order valence-electron chi connectivity index (χ3n) is 0.151. The first kappa shape index (κ1) is 5.65. The van der Waals surface area contributed by atoms with Gasteiger partial charge in [-0.25, -0.2) is 0 Å². The number of alkyl halides is 1. The zero-order valence-electron chi connectivity index (χ0n) is 2.56. The Morgan fingerprint density at radius 1 is 1.80 bits per heavy atom. The summed E-state index contributed by atoms with van der Waals surface area (Å²) < 4.78 is -0.590. The van der Waals surface area contributed by atoms with Crippen molar-refractivity contribution in [3.8, 4) is 0 Å². The third-order valence-corrected chi connectivity index (χ3v) is 0.545. The molecule has 0 amide bonds. The molecule has 0 aliphatic rings. The monoisotopic (exact) mass is 188 g/mol. The first-order valence-electron chi connectivity index (χ1n) is 1.20. The highest BCUT2D eigenvalue weighted by Gasteiger charge is 1.85. The summed E-state index contributed by atoms with van der Waals surface area (Å²) in [6.45, 7) is -0.152. The van der Waals surface area contributed by atoms with Crippen LogP contribution in [0.5, 0.6) is 0 Å². The minimum Gasteiger partial charge on any atom is -0.393 e. The summed E-state index contributed by atoms with van der Waals surface area (Å²) >= 11 is 1.71. The summed E-state index contributed by atoms with van der Waals surface area (Å²) in [6, 6.07) is 0. The number of hydrogen-bond donors (Lipinski definition) is 2. The molecule has 3 heteroatoms. The number of rotatable bonds is 1. The van der Waals surface area contributed by atoms with E-state index in [0.717, 1.165) is 0 Å². The second kappa shape index (κ2) is 2.87. The predicted octanol–water partition coefficient (Wildman–Crippen LogP) is -0.268. The number of aliphatic hydroxyl groups is 2. The molecule has 0 saturated carbocycles. The lowest BCUT2D eigenvalue weighted by Gasteiger charge is -1.87. The van der Waals surface area contributed by atoms with Crippen LogP contribution in [-0.2, 0) is 0 Å². The van der Waals surface area contributed by atoms with E-state index in [9.17, 15) is 0 Å². The maximum absolute atomic E-state index is 8.10. The van der Waals surface area contributed by atoms with Crippen molar-refractivity contribution < 1.29 is 10.2 Å². The van der Waals surface area contributed by atoms with Crippen molar-refractivity contribution in [1.29, 1.82) is 0 Å². The van der Waals surface area contributed by atoms with Crippen molar-refractivity contribution >= 4 is 22.6 Å². The highest BCUT2D eigenvalue weighted by atomic mass is 127. The van der Waals surface area contributed by atoms with E-state index in [1.807, 2.05) is 0 Å². The van der Waals surface area contributed by atoms with Crippen LogP contribution in [0.4, 0.5) is 0 Å². The van der Waals surface area contributed by atoms with Gasteiger partial charge in [-0.3, -0.25) is 0 Å². The molecule has 5 heavy (non-hydrogen) atoms. The van der Waals surface area contributed by atoms with Crippen LogP contribution in [0.25, 0.3) is 0 Å². The number of aliphatic hydroxyl groups excluding tert-OH is 2. The Hall–Kier alpha value is 0.650. The first-order chi connectivity index (χ1) is 2.27. The summed E-state index contributed by atoms with van der Waals surface area (Å²) in [7, 11) is 0. The van der Waals surface area contributed by atoms with Crippen molar-refractivity contribution in [2.45, 2.75) is 4.11 Å². The quantitative estimate of drug-likeness (QED) is 0.439. The van der Waals surface area contributed by atoms with Gasteiger partial charge in [0.15, 0.2) is 0 Å². The molecule has 0 aromatic heterocycles. The Balaban J connectivity index is 2.54. The molecule has 0 aromatic carbocycles. The molecule has 0 rings (SSSR count). The maximum atomic E-state index is 8.10. The molecule has 1 atom stereocenters. The van der Waals surface area contributed by atoms with Gasteiger partial charge < -0.3 is 10.2 Å². The Bertz CT molecular complexity index is 21.6. The minimum absolute atomic E-state index is 0.152. The Morgan fingerprint density at radius 3 is 2.00 bits per heavy atom. The highest BCUT2D eigenvalue weighted by molar-refractivity contribution is 14.1. The molecule has 0 heterocycles. The van der Waals surface area contributed by atoms with Gasteiger partial charge in [-0.05, 0) is 22.6 Å². The Kier molecular flexibility index (Phi) is 3.24. The molecule has 0 spiro atoms. The van der Waals surface area contributed by atoms with Gasteiger partial charge >= 0.3 is 0 Å². The third kappa shape index (κ3) is 4.65. The van der Waals surface area contributed by atoms with E-state index in [2.05, 4.69) is 0 Å². The molecule has 0 aromatic rings. The average molecular weight is 188 g/mol. The predicted molar refractivity (Wildman–Crippen MR) is 27.1 cm³/mol. The van der Waals surface area contributed by atoms with Crippen molar-refractivity contribution in [3.05, 3.63) is 0 Å². The fourth-order valence-corrected chi connectivity index (χ4v) is 0. The molecule has 0 aliphatic heterocycles. The Morgan fingerprint density at radius 2 is 2.00 bits per heavy atom. The minimum atomic E-state index is -0.590. The number of hydrogen-bond acceptors (Lipinski definition) is 2. The van der Waals surface area contributed by atoms with E-state index in [1.54, 1.807) is 22.6 Å². The van der Waals surface area contributed by atoms with Crippen LogP contribution in [-0.4, -0.2) is 20.9 Å². The van der Waals surface area contributed by atoms with Gasteiger partial charge in [0.2, 0.25) is 0 Å². The largest absolute Gasteiger partial charge is 0.393 e. The van der Waals surface area contributed by atoms with E-state index in [1.165, 1.54) is 0 Å². The molecule has 0 aliphatic carbocycles. The van der Waals surface area contributed by atoms with Gasteiger partial charge in [-0.2, -0.15) is 0 Å². The first-order valence-corrected chi connectivity index (χ1v) is 2.45. The standard InChI is InChI=1S/C2H5IO2/c3-2(5)1-4/h2,4-5H,1H2/t2-/m1/s1. The normalized spacial score (nSPS) is 15.0. The molecule has 32 valence electrons. The highest BCUT2D eigenvalue weighted by Crippen LogP contribution is 1.88. The van der Waals surface area contributed by atoms with Crippen LogP contribution in [0.3, 0.4) is 0 Å². The van der Waals surface area contributed by atoms with E-state index >= 15 is 0 Å². The van der Waals surface area contributed by atoms with Crippen LogP contribution in [0.15, 0.2) is 0 Å². The molecule has 2 N–H and O–H groups in total. The van der Waals surface area contributed by atoms with Gasteiger partial charge in [-0.1, -0.05) is 0 Å². The fraction of sp³-hybridized carbons (Fsp3) is 1.00. The molecular formula is C2H5IO2. The summed E-state index contributed by atoms with van der Waals surface area (Å²) in [4.78, 5) is 0. The second-order valence-electron chi connectivity index (χ2n) is 0.617.